The molecule has 1 aliphatic heterocycles. The molecule has 1 aromatic heterocycles. The smallest absolute Gasteiger partial charge is 0.272 e. The zero-order valence-electron chi connectivity index (χ0n) is 15.2. The van der Waals surface area contributed by atoms with Crippen LogP contribution >= 0.6 is 0 Å². The van der Waals surface area contributed by atoms with Crippen LogP contribution in [0.2, 0.25) is 0 Å². The molecule has 2 heterocycles. The molecule has 1 amide bonds. The van der Waals surface area contributed by atoms with Crippen molar-refractivity contribution >= 4 is 17.5 Å². The second kappa shape index (κ2) is 7.64. The van der Waals surface area contributed by atoms with Crippen molar-refractivity contribution in [2.75, 3.05) is 11.9 Å². The molecule has 1 N–H and O–H groups in total. The normalized spacial score (nSPS) is 17.4. The first-order chi connectivity index (χ1) is 12.1. The third-order valence-corrected chi connectivity index (χ3v) is 4.82. The summed E-state index contributed by atoms with van der Waals surface area (Å²) in [5.74, 6) is 0.493. The van der Waals surface area contributed by atoms with Crippen LogP contribution in [0, 0.1) is 13.8 Å². The van der Waals surface area contributed by atoms with Gasteiger partial charge in [-0.2, -0.15) is 0 Å². The van der Waals surface area contributed by atoms with E-state index in [1.807, 2.05) is 43.0 Å². The molecule has 5 heteroatoms. The number of para-hydroxylation sites is 1. The van der Waals surface area contributed by atoms with E-state index in [0.717, 1.165) is 42.8 Å². The molecule has 2 aromatic rings. The Morgan fingerprint density at radius 3 is 2.80 bits per heavy atom. The first-order valence-electron chi connectivity index (χ1n) is 9.07. The lowest BCUT2D eigenvalue weighted by Gasteiger charge is -2.35. The third-order valence-electron chi connectivity index (χ3n) is 4.82. The summed E-state index contributed by atoms with van der Waals surface area (Å²) in [5.41, 5.74) is 3.34. The molecule has 132 valence electrons. The Morgan fingerprint density at radius 2 is 2.04 bits per heavy atom. The highest BCUT2D eigenvalue weighted by molar-refractivity contribution is 5.93. The molecule has 0 saturated carbocycles. The number of hydrogen-bond donors (Lipinski definition) is 1. The molecule has 25 heavy (non-hydrogen) atoms. The van der Waals surface area contributed by atoms with E-state index >= 15 is 0 Å². The fraction of sp³-hybridized carbons (Fsp3) is 0.450. The van der Waals surface area contributed by atoms with Gasteiger partial charge in [0.15, 0.2) is 0 Å². The average Bonchev–Trinajstić information content (AvgIpc) is 2.62. The van der Waals surface area contributed by atoms with E-state index in [1.54, 1.807) is 6.07 Å². The van der Waals surface area contributed by atoms with Gasteiger partial charge in [0.1, 0.15) is 5.69 Å². The summed E-state index contributed by atoms with van der Waals surface area (Å²) in [6.45, 7) is 6.90. The maximum absolute atomic E-state index is 13.0. The second-order valence-electron chi connectivity index (χ2n) is 6.71. The number of carbonyl (C=O) groups excluding carboxylic acids is 1. The SMILES string of the molecule is CCC1CCCCN1C(=O)c1cc(C)nc(Nc2ccccc2C)n1. The van der Waals surface area contributed by atoms with Crippen LogP contribution in [-0.4, -0.2) is 33.4 Å². The molecular formula is C20H26N4O. The van der Waals surface area contributed by atoms with Crippen molar-refractivity contribution in [2.45, 2.75) is 52.5 Å². The zero-order valence-corrected chi connectivity index (χ0v) is 15.2. The Kier molecular flexibility index (Phi) is 5.31. The van der Waals surface area contributed by atoms with Gasteiger partial charge < -0.3 is 10.2 Å². The average molecular weight is 338 g/mol. The van der Waals surface area contributed by atoms with Gasteiger partial charge in [-0.3, -0.25) is 4.79 Å². The van der Waals surface area contributed by atoms with Crippen LogP contribution in [0.3, 0.4) is 0 Å². The van der Waals surface area contributed by atoms with Gasteiger partial charge in [-0.15, -0.1) is 0 Å². The van der Waals surface area contributed by atoms with Gasteiger partial charge in [-0.1, -0.05) is 25.1 Å². The van der Waals surface area contributed by atoms with Crippen molar-refractivity contribution < 1.29 is 4.79 Å². The van der Waals surface area contributed by atoms with E-state index in [0.29, 0.717) is 17.7 Å². The maximum atomic E-state index is 13.0. The van der Waals surface area contributed by atoms with Crippen LogP contribution in [0.4, 0.5) is 11.6 Å². The minimum absolute atomic E-state index is 0.0184. The fourth-order valence-corrected chi connectivity index (χ4v) is 3.41. The van der Waals surface area contributed by atoms with Crippen LogP contribution in [0.25, 0.3) is 0 Å². The highest BCUT2D eigenvalue weighted by Gasteiger charge is 2.27. The first kappa shape index (κ1) is 17.4. The molecular weight excluding hydrogens is 312 g/mol. The lowest BCUT2D eigenvalue weighted by Crippen LogP contribution is -2.43. The van der Waals surface area contributed by atoms with Gasteiger partial charge in [0, 0.05) is 24.0 Å². The number of amides is 1. The van der Waals surface area contributed by atoms with Crippen molar-refractivity contribution in [1.82, 2.24) is 14.9 Å². The highest BCUT2D eigenvalue weighted by Crippen LogP contribution is 2.23. The number of benzene rings is 1. The molecule has 0 bridgehead atoms. The molecule has 1 atom stereocenters. The third kappa shape index (κ3) is 3.98. The van der Waals surface area contributed by atoms with Crippen molar-refractivity contribution in [3.8, 4) is 0 Å². The second-order valence-corrected chi connectivity index (χ2v) is 6.71. The fourth-order valence-electron chi connectivity index (χ4n) is 3.41. The molecule has 0 spiro atoms. The Bertz CT molecular complexity index is 759. The van der Waals surface area contributed by atoms with Gasteiger partial charge in [-0.05, 0) is 57.2 Å². The molecule has 1 unspecified atom stereocenters. The van der Waals surface area contributed by atoms with E-state index < -0.39 is 0 Å². The molecule has 1 fully saturated rings. The van der Waals surface area contributed by atoms with Crippen molar-refractivity contribution in [3.63, 3.8) is 0 Å². The maximum Gasteiger partial charge on any atom is 0.272 e. The van der Waals surface area contributed by atoms with Gasteiger partial charge in [-0.25, -0.2) is 9.97 Å². The van der Waals surface area contributed by atoms with E-state index in [2.05, 4.69) is 22.2 Å². The van der Waals surface area contributed by atoms with E-state index in [4.69, 9.17) is 0 Å². The summed E-state index contributed by atoms with van der Waals surface area (Å²) in [4.78, 5) is 23.9. The van der Waals surface area contributed by atoms with Crippen molar-refractivity contribution in [2.24, 2.45) is 0 Å². The molecule has 3 rings (SSSR count). The highest BCUT2D eigenvalue weighted by atomic mass is 16.2. The Balaban J connectivity index is 1.86. The number of aryl methyl sites for hydroxylation is 2. The lowest BCUT2D eigenvalue weighted by molar-refractivity contribution is 0.0602. The number of rotatable bonds is 4. The predicted octanol–water partition coefficient (Wildman–Crippen LogP) is 4.24. The minimum atomic E-state index is 0.0184. The Labute approximate surface area is 149 Å². The number of piperidine rings is 1. The van der Waals surface area contributed by atoms with E-state index in [9.17, 15) is 4.79 Å². The number of anilines is 2. The summed E-state index contributed by atoms with van der Waals surface area (Å²) in [6.07, 6.45) is 4.34. The van der Waals surface area contributed by atoms with Gasteiger partial charge in [0.2, 0.25) is 5.95 Å². The molecule has 5 nitrogen and oxygen atoms in total. The molecule has 1 saturated heterocycles. The van der Waals surface area contributed by atoms with Gasteiger partial charge in [0.25, 0.3) is 5.91 Å². The summed E-state index contributed by atoms with van der Waals surface area (Å²) >= 11 is 0. The van der Waals surface area contributed by atoms with Gasteiger partial charge in [0.05, 0.1) is 0 Å². The number of hydrogen-bond acceptors (Lipinski definition) is 4. The standard InChI is InChI=1S/C20H26N4O/c1-4-16-10-7-8-12-24(16)19(25)18-13-15(3)21-20(23-18)22-17-11-6-5-9-14(17)2/h5-6,9,11,13,16H,4,7-8,10,12H2,1-3H3,(H,21,22,23). The topological polar surface area (TPSA) is 58.1 Å². The van der Waals surface area contributed by atoms with Crippen LogP contribution in [-0.2, 0) is 0 Å². The molecule has 1 aliphatic rings. The summed E-state index contributed by atoms with van der Waals surface area (Å²) in [6, 6.07) is 10.1. The zero-order chi connectivity index (χ0) is 17.8. The quantitative estimate of drug-likeness (QED) is 0.906. The number of nitrogens with zero attached hydrogens (tertiary/aromatic N) is 3. The predicted molar refractivity (Wildman–Crippen MR) is 100 cm³/mol. The van der Waals surface area contributed by atoms with Crippen LogP contribution < -0.4 is 5.32 Å². The van der Waals surface area contributed by atoms with Crippen LogP contribution in [0.1, 0.15) is 54.4 Å². The van der Waals surface area contributed by atoms with E-state index in [-0.39, 0.29) is 5.91 Å². The molecule has 0 radical (unpaired) electrons. The minimum Gasteiger partial charge on any atom is -0.334 e. The van der Waals surface area contributed by atoms with Gasteiger partial charge >= 0.3 is 0 Å². The summed E-state index contributed by atoms with van der Waals surface area (Å²) < 4.78 is 0. The first-order valence-corrected chi connectivity index (χ1v) is 9.07. The van der Waals surface area contributed by atoms with E-state index in [1.165, 1.54) is 6.42 Å². The van der Waals surface area contributed by atoms with Crippen LogP contribution in [0.15, 0.2) is 30.3 Å². The van der Waals surface area contributed by atoms with Crippen molar-refractivity contribution in [3.05, 3.63) is 47.3 Å². The molecule has 1 aromatic carbocycles. The number of carbonyl (C=O) groups is 1. The summed E-state index contributed by atoms with van der Waals surface area (Å²) in [7, 11) is 0. The van der Waals surface area contributed by atoms with Crippen LogP contribution in [0.5, 0.6) is 0 Å². The molecule has 0 aliphatic carbocycles. The summed E-state index contributed by atoms with van der Waals surface area (Å²) in [5, 5.41) is 3.24. The Hall–Kier alpha value is -2.43. The number of nitrogens with one attached hydrogen (secondary N) is 1. The van der Waals surface area contributed by atoms with Crippen molar-refractivity contribution in [1.29, 1.82) is 0 Å². The number of likely N-dealkylation sites (tertiary alicyclic amines) is 1. The largest absolute Gasteiger partial charge is 0.334 e. The lowest BCUT2D eigenvalue weighted by atomic mass is 9.99. The number of aromatic nitrogens is 2. The Morgan fingerprint density at radius 1 is 1.24 bits per heavy atom. The monoisotopic (exact) mass is 338 g/mol.